The van der Waals surface area contributed by atoms with Crippen LogP contribution in [0.5, 0.6) is 0 Å². The quantitative estimate of drug-likeness (QED) is 0.860. The second-order valence-corrected chi connectivity index (χ2v) is 7.18. The molecule has 5 heteroatoms. The molecule has 2 heterocycles. The number of carbonyl (C=O) groups excluding carboxylic acids is 2. The molecule has 124 valence electrons. The van der Waals surface area contributed by atoms with Crippen molar-refractivity contribution in [3.8, 4) is 0 Å². The molecule has 3 rings (SSSR count). The molecule has 1 N–H and O–H groups in total. The molecule has 0 spiro atoms. The van der Waals surface area contributed by atoms with Gasteiger partial charge in [-0.2, -0.15) is 0 Å². The molecule has 2 saturated heterocycles. The Kier molecular flexibility index (Phi) is 5.01. The third-order valence-electron chi connectivity index (χ3n) is 5.43. The third kappa shape index (κ3) is 3.62. The monoisotopic (exact) mass is 308 g/mol. The lowest BCUT2D eigenvalue weighted by Gasteiger charge is -2.34. The van der Waals surface area contributed by atoms with Gasteiger partial charge >= 0.3 is 0 Å². The van der Waals surface area contributed by atoms with Crippen LogP contribution in [0.3, 0.4) is 0 Å². The zero-order valence-electron chi connectivity index (χ0n) is 13.6. The van der Waals surface area contributed by atoms with Gasteiger partial charge in [0.1, 0.15) is 0 Å². The Morgan fingerprint density at radius 2 is 2.00 bits per heavy atom. The van der Waals surface area contributed by atoms with E-state index in [-0.39, 0.29) is 23.8 Å². The average Bonchev–Trinajstić information content (AvgIpc) is 3.17. The highest BCUT2D eigenvalue weighted by Gasteiger charge is 2.35. The first-order valence-electron chi connectivity index (χ1n) is 8.83. The van der Waals surface area contributed by atoms with Crippen LogP contribution in [0.15, 0.2) is 0 Å². The van der Waals surface area contributed by atoms with E-state index in [1.807, 2.05) is 11.8 Å². The molecule has 0 aromatic heterocycles. The minimum atomic E-state index is -0.0712. The fourth-order valence-electron chi connectivity index (χ4n) is 4.10. The summed E-state index contributed by atoms with van der Waals surface area (Å²) >= 11 is 0. The van der Waals surface area contributed by atoms with E-state index in [4.69, 9.17) is 4.74 Å². The van der Waals surface area contributed by atoms with E-state index in [0.29, 0.717) is 18.4 Å². The van der Waals surface area contributed by atoms with Crippen LogP contribution in [-0.2, 0) is 14.3 Å². The molecule has 1 aliphatic carbocycles. The highest BCUT2D eigenvalue weighted by Crippen LogP contribution is 2.29. The maximum atomic E-state index is 12.4. The number of carbonyl (C=O) groups is 2. The Balaban J connectivity index is 1.43. The van der Waals surface area contributed by atoms with E-state index in [0.717, 1.165) is 58.2 Å². The Morgan fingerprint density at radius 3 is 2.77 bits per heavy atom. The van der Waals surface area contributed by atoms with Crippen molar-refractivity contribution < 1.29 is 14.3 Å². The van der Waals surface area contributed by atoms with Gasteiger partial charge in [-0.15, -0.1) is 0 Å². The molecule has 3 atom stereocenters. The first-order valence-corrected chi connectivity index (χ1v) is 8.83. The van der Waals surface area contributed by atoms with Crippen LogP contribution >= 0.6 is 0 Å². The van der Waals surface area contributed by atoms with E-state index in [2.05, 4.69) is 5.32 Å². The van der Waals surface area contributed by atoms with Gasteiger partial charge in [-0.1, -0.05) is 12.8 Å². The molecule has 5 nitrogen and oxygen atoms in total. The summed E-state index contributed by atoms with van der Waals surface area (Å²) in [6.45, 7) is 4.40. The van der Waals surface area contributed by atoms with E-state index in [9.17, 15) is 9.59 Å². The van der Waals surface area contributed by atoms with Gasteiger partial charge in [0, 0.05) is 44.0 Å². The molecule has 0 bridgehead atoms. The summed E-state index contributed by atoms with van der Waals surface area (Å²) in [4.78, 5) is 26.5. The number of rotatable bonds is 4. The summed E-state index contributed by atoms with van der Waals surface area (Å²) in [7, 11) is 0. The van der Waals surface area contributed by atoms with Crippen molar-refractivity contribution in [3.63, 3.8) is 0 Å². The molecule has 1 unspecified atom stereocenters. The third-order valence-corrected chi connectivity index (χ3v) is 5.43. The highest BCUT2D eigenvalue weighted by atomic mass is 16.5. The van der Waals surface area contributed by atoms with Gasteiger partial charge in [0.05, 0.1) is 6.10 Å². The second-order valence-electron chi connectivity index (χ2n) is 7.18. The van der Waals surface area contributed by atoms with Crippen molar-refractivity contribution >= 4 is 11.8 Å². The normalized spacial score (nSPS) is 30.1. The maximum Gasteiger partial charge on any atom is 0.224 e. The molecule has 0 aromatic rings. The Bertz CT molecular complexity index is 420. The predicted molar refractivity (Wildman–Crippen MR) is 83.2 cm³/mol. The van der Waals surface area contributed by atoms with Crippen LogP contribution in [0, 0.1) is 11.8 Å². The van der Waals surface area contributed by atoms with Crippen molar-refractivity contribution in [1.82, 2.24) is 10.2 Å². The summed E-state index contributed by atoms with van der Waals surface area (Å²) in [6.07, 6.45) is 7.12. The number of nitrogens with zero attached hydrogens (tertiary/aromatic N) is 1. The average molecular weight is 308 g/mol. The molecule has 2 aliphatic heterocycles. The number of hydrogen-bond donors (Lipinski definition) is 1. The Labute approximate surface area is 132 Å². The Hall–Kier alpha value is -1.10. The van der Waals surface area contributed by atoms with Gasteiger partial charge in [0.15, 0.2) is 0 Å². The van der Waals surface area contributed by atoms with E-state index in [1.165, 1.54) is 0 Å². The molecule has 3 aliphatic rings. The van der Waals surface area contributed by atoms with Crippen molar-refractivity contribution in [2.24, 2.45) is 11.8 Å². The fourth-order valence-corrected chi connectivity index (χ4v) is 4.10. The first kappa shape index (κ1) is 15.8. The molecule has 0 radical (unpaired) electrons. The van der Waals surface area contributed by atoms with Crippen LogP contribution in [0.4, 0.5) is 0 Å². The lowest BCUT2D eigenvalue weighted by Crippen LogP contribution is -2.47. The lowest BCUT2D eigenvalue weighted by molar-refractivity contribution is -0.135. The van der Waals surface area contributed by atoms with Gasteiger partial charge in [0.2, 0.25) is 11.8 Å². The lowest BCUT2D eigenvalue weighted by atomic mass is 9.94. The van der Waals surface area contributed by atoms with E-state index >= 15 is 0 Å². The molecular weight excluding hydrogens is 280 g/mol. The molecular formula is C17H28N2O3. The summed E-state index contributed by atoms with van der Waals surface area (Å²) < 4.78 is 5.68. The summed E-state index contributed by atoms with van der Waals surface area (Å²) in [6, 6.07) is -0.0712. The molecule has 22 heavy (non-hydrogen) atoms. The topological polar surface area (TPSA) is 58.6 Å². The minimum Gasteiger partial charge on any atom is -0.378 e. The standard InChI is InChI=1S/C17H28N2O3/c1-12(18-17(21)13-4-2-3-5-13)10-16(20)19-8-6-15-14(11-19)7-9-22-15/h12-15H,2-11H2,1H3,(H,18,21)/t12?,14-,15+/m0/s1. The molecule has 0 aromatic carbocycles. The van der Waals surface area contributed by atoms with Gasteiger partial charge in [-0.05, 0) is 32.6 Å². The molecule has 1 saturated carbocycles. The number of hydrogen-bond acceptors (Lipinski definition) is 3. The van der Waals surface area contributed by atoms with Crippen LogP contribution in [0.1, 0.15) is 51.9 Å². The molecule has 3 fully saturated rings. The van der Waals surface area contributed by atoms with Crippen molar-refractivity contribution in [2.75, 3.05) is 19.7 Å². The van der Waals surface area contributed by atoms with Gasteiger partial charge < -0.3 is 15.0 Å². The number of amides is 2. The van der Waals surface area contributed by atoms with Gasteiger partial charge in [-0.3, -0.25) is 9.59 Å². The minimum absolute atomic E-state index is 0.0712. The van der Waals surface area contributed by atoms with Crippen LogP contribution in [-0.4, -0.2) is 48.6 Å². The number of fused-ring (bicyclic) bond motifs is 1. The number of piperidine rings is 1. The van der Waals surface area contributed by atoms with E-state index < -0.39 is 0 Å². The summed E-state index contributed by atoms with van der Waals surface area (Å²) in [5.74, 6) is 0.996. The van der Waals surface area contributed by atoms with Crippen molar-refractivity contribution in [2.45, 2.75) is 64.0 Å². The fraction of sp³-hybridized carbons (Fsp3) is 0.882. The van der Waals surface area contributed by atoms with Gasteiger partial charge in [-0.25, -0.2) is 0 Å². The Morgan fingerprint density at radius 1 is 1.23 bits per heavy atom. The van der Waals surface area contributed by atoms with Crippen LogP contribution in [0.25, 0.3) is 0 Å². The molecule has 2 amide bonds. The van der Waals surface area contributed by atoms with Crippen molar-refractivity contribution in [1.29, 1.82) is 0 Å². The summed E-state index contributed by atoms with van der Waals surface area (Å²) in [5.41, 5.74) is 0. The summed E-state index contributed by atoms with van der Waals surface area (Å²) in [5, 5.41) is 3.03. The largest absolute Gasteiger partial charge is 0.378 e. The van der Waals surface area contributed by atoms with Crippen LogP contribution in [0.2, 0.25) is 0 Å². The smallest absolute Gasteiger partial charge is 0.224 e. The SMILES string of the molecule is CC(CC(=O)N1CC[C@H]2OCC[C@H]2C1)NC(=O)C1CCCC1. The maximum absolute atomic E-state index is 12.4. The first-order chi connectivity index (χ1) is 10.6. The van der Waals surface area contributed by atoms with Gasteiger partial charge in [0.25, 0.3) is 0 Å². The second kappa shape index (κ2) is 6.99. The van der Waals surface area contributed by atoms with Crippen molar-refractivity contribution in [3.05, 3.63) is 0 Å². The number of nitrogens with one attached hydrogen (secondary N) is 1. The van der Waals surface area contributed by atoms with E-state index in [1.54, 1.807) is 0 Å². The zero-order chi connectivity index (χ0) is 15.5. The predicted octanol–water partition coefficient (Wildman–Crippen LogP) is 1.71. The number of ether oxygens (including phenoxy) is 1. The highest BCUT2D eigenvalue weighted by molar-refractivity contribution is 5.81. The number of likely N-dealkylation sites (tertiary alicyclic amines) is 1. The zero-order valence-corrected chi connectivity index (χ0v) is 13.6. The van der Waals surface area contributed by atoms with Crippen LogP contribution < -0.4 is 5.32 Å².